The van der Waals surface area contributed by atoms with Crippen molar-refractivity contribution in [2.45, 2.75) is 38.2 Å². The minimum atomic E-state index is -0.741. The summed E-state index contributed by atoms with van der Waals surface area (Å²) in [6.07, 6.45) is 5.00. The molecule has 1 heterocycles. The lowest BCUT2D eigenvalue weighted by molar-refractivity contribution is -0.122. The quantitative estimate of drug-likeness (QED) is 0.790. The van der Waals surface area contributed by atoms with Gasteiger partial charge in [-0.15, -0.1) is 0 Å². The Morgan fingerprint density at radius 2 is 2.16 bits per heavy atom. The van der Waals surface area contributed by atoms with Crippen LogP contribution in [-0.4, -0.2) is 37.1 Å². The van der Waals surface area contributed by atoms with E-state index < -0.39 is 6.10 Å². The third-order valence-corrected chi connectivity index (χ3v) is 5.65. The van der Waals surface area contributed by atoms with Crippen molar-refractivity contribution in [1.29, 1.82) is 0 Å². The van der Waals surface area contributed by atoms with Crippen LogP contribution in [0.2, 0.25) is 0 Å². The Labute approximate surface area is 147 Å². The molecule has 0 spiro atoms. The molecule has 4 atom stereocenters. The number of aliphatic hydroxyl groups excluding tert-OH is 1. The van der Waals surface area contributed by atoms with Gasteiger partial charge in [0.25, 0.3) is 0 Å². The van der Waals surface area contributed by atoms with Crippen LogP contribution in [0, 0.1) is 17.8 Å². The van der Waals surface area contributed by atoms with E-state index in [4.69, 9.17) is 14.2 Å². The highest BCUT2D eigenvalue weighted by Gasteiger charge is 2.40. The van der Waals surface area contributed by atoms with Crippen molar-refractivity contribution >= 4 is 5.91 Å². The van der Waals surface area contributed by atoms with Gasteiger partial charge in [0.15, 0.2) is 11.5 Å². The van der Waals surface area contributed by atoms with Crippen molar-refractivity contribution in [1.82, 2.24) is 5.32 Å². The summed E-state index contributed by atoms with van der Waals surface area (Å²) in [4.78, 5) is 12.1. The number of hydrogen-bond acceptors (Lipinski definition) is 5. The smallest absolute Gasteiger partial charge is 0.231 e. The van der Waals surface area contributed by atoms with Crippen LogP contribution in [-0.2, 0) is 4.79 Å². The Kier molecular flexibility index (Phi) is 4.70. The fourth-order valence-electron chi connectivity index (χ4n) is 4.39. The number of aliphatic hydroxyl groups is 1. The van der Waals surface area contributed by atoms with Crippen molar-refractivity contribution in [2.24, 2.45) is 17.8 Å². The molecule has 0 saturated heterocycles. The highest BCUT2D eigenvalue weighted by atomic mass is 16.7. The molecule has 6 heteroatoms. The summed E-state index contributed by atoms with van der Waals surface area (Å²) in [5.41, 5.74) is 0. The third-order valence-electron chi connectivity index (χ3n) is 5.65. The summed E-state index contributed by atoms with van der Waals surface area (Å²) in [6, 6.07) is 5.29. The second-order valence-corrected chi connectivity index (χ2v) is 7.42. The summed E-state index contributed by atoms with van der Waals surface area (Å²) in [5, 5.41) is 12.9. The monoisotopic (exact) mass is 347 g/mol. The lowest BCUT2D eigenvalue weighted by Crippen LogP contribution is -2.36. The predicted molar refractivity (Wildman–Crippen MR) is 90.6 cm³/mol. The van der Waals surface area contributed by atoms with Gasteiger partial charge in [0.1, 0.15) is 18.5 Å². The Balaban J connectivity index is 1.16. The SMILES string of the molecule is O=C(C[C@H]1C[C@H]2CC[C@H]1C2)NC[C@H](O)COc1ccc2c(c1)OCO2. The fourth-order valence-corrected chi connectivity index (χ4v) is 4.39. The normalized spacial score (nSPS) is 27.3. The van der Waals surface area contributed by atoms with Gasteiger partial charge in [-0.1, -0.05) is 6.42 Å². The molecule has 2 N–H and O–H groups in total. The first-order chi connectivity index (χ1) is 12.2. The zero-order valence-electron chi connectivity index (χ0n) is 14.3. The maximum atomic E-state index is 12.1. The van der Waals surface area contributed by atoms with Crippen LogP contribution in [0.25, 0.3) is 0 Å². The predicted octanol–water partition coefficient (Wildman–Crippen LogP) is 2.10. The number of carbonyl (C=O) groups is 1. The van der Waals surface area contributed by atoms with Crippen molar-refractivity contribution in [3.05, 3.63) is 18.2 Å². The van der Waals surface area contributed by atoms with E-state index in [1.165, 1.54) is 25.7 Å². The van der Waals surface area contributed by atoms with Crippen molar-refractivity contribution in [3.8, 4) is 17.2 Å². The maximum Gasteiger partial charge on any atom is 0.231 e. The van der Waals surface area contributed by atoms with Crippen molar-refractivity contribution in [3.63, 3.8) is 0 Å². The molecule has 136 valence electrons. The zero-order valence-corrected chi connectivity index (χ0v) is 14.3. The van der Waals surface area contributed by atoms with Gasteiger partial charge in [0, 0.05) is 19.0 Å². The van der Waals surface area contributed by atoms with Crippen LogP contribution >= 0.6 is 0 Å². The Morgan fingerprint density at radius 1 is 1.28 bits per heavy atom. The van der Waals surface area contributed by atoms with Crippen LogP contribution < -0.4 is 19.5 Å². The fraction of sp³-hybridized carbons (Fsp3) is 0.632. The van der Waals surface area contributed by atoms with Crippen LogP contribution in [0.1, 0.15) is 32.1 Å². The van der Waals surface area contributed by atoms with E-state index in [0.717, 1.165) is 11.8 Å². The number of hydrogen-bond donors (Lipinski definition) is 2. The molecule has 2 saturated carbocycles. The molecule has 1 aromatic rings. The summed E-state index contributed by atoms with van der Waals surface area (Å²) < 4.78 is 16.1. The summed E-state index contributed by atoms with van der Waals surface area (Å²) in [7, 11) is 0. The van der Waals surface area contributed by atoms with E-state index in [1.54, 1.807) is 18.2 Å². The largest absolute Gasteiger partial charge is 0.491 e. The van der Waals surface area contributed by atoms with E-state index in [0.29, 0.717) is 29.6 Å². The van der Waals surface area contributed by atoms with Crippen molar-refractivity contribution < 1.29 is 24.1 Å². The van der Waals surface area contributed by atoms with E-state index in [9.17, 15) is 9.90 Å². The lowest BCUT2D eigenvalue weighted by atomic mass is 9.86. The molecule has 0 aromatic heterocycles. The molecule has 2 fully saturated rings. The maximum absolute atomic E-state index is 12.1. The Morgan fingerprint density at radius 3 is 2.96 bits per heavy atom. The van der Waals surface area contributed by atoms with Crippen molar-refractivity contribution in [2.75, 3.05) is 19.9 Å². The third kappa shape index (κ3) is 3.84. The molecule has 6 nitrogen and oxygen atoms in total. The van der Waals surface area contributed by atoms with E-state index in [-0.39, 0.29) is 25.9 Å². The average Bonchev–Trinajstić information content (AvgIpc) is 3.33. The number of amides is 1. The molecule has 0 radical (unpaired) electrons. The van der Waals surface area contributed by atoms with Gasteiger partial charge >= 0.3 is 0 Å². The molecule has 4 rings (SSSR count). The molecular weight excluding hydrogens is 322 g/mol. The molecule has 2 bridgehead atoms. The number of fused-ring (bicyclic) bond motifs is 3. The van der Waals surface area contributed by atoms with Gasteiger partial charge < -0.3 is 24.6 Å². The van der Waals surface area contributed by atoms with E-state index in [2.05, 4.69) is 5.32 Å². The minimum absolute atomic E-state index is 0.0414. The molecule has 1 aromatic carbocycles. The summed E-state index contributed by atoms with van der Waals surface area (Å²) in [6.45, 7) is 0.550. The van der Waals surface area contributed by atoms with Crippen LogP contribution in [0.4, 0.5) is 0 Å². The molecule has 0 unspecified atom stereocenters. The standard InChI is InChI=1S/C19H25NO5/c21-15(10-23-16-3-4-17-18(8-16)25-11-24-17)9-20-19(22)7-14-6-12-1-2-13(14)5-12/h3-4,8,12-15,21H,1-2,5-7,9-11H2,(H,20,22)/t12-,13-,14+,15-/m0/s1. The molecule has 1 amide bonds. The first kappa shape index (κ1) is 16.5. The Bertz CT molecular complexity index is 634. The van der Waals surface area contributed by atoms with Crippen LogP contribution in [0.3, 0.4) is 0 Å². The van der Waals surface area contributed by atoms with Crippen LogP contribution in [0.15, 0.2) is 18.2 Å². The second kappa shape index (κ2) is 7.12. The zero-order chi connectivity index (χ0) is 17.2. The topological polar surface area (TPSA) is 77.0 Å². The second-order valence-electron chi connectivity index (χ2n) is 7.42. The number of ether oxygens (including phenoxy) is 3. The van der Waals surface area contributed by atoms with Gasteiger partial charge in [-0.3, -0.25) is 4.79 Å². The molecule has 1 aliphatic heterocycles. The van der Waals surface area contributed by atoms with Gasteiger partial charge in [0.05, 0.1) is 0 Å². The minimum Gasteiger partial charge on any atom is -0.491 e. The first-order valence-electron chi connectivity index (χ1n) is 9.14. The number of benzene rings is 1. The molecule has 3 aliphatic rings. The molecule has 2 aliphatic carbocycles. The van der Waals surface area contributed by atoms with Gasteiger partial charge in [-0.2, -0.15) is 0 Å². The molecule has 25 heavy (non-hydrogen) atoms. The van der Waals surface area contributed by atoms with Gasteiger partial charge in [-0.05, 0) is 49.1 Å². The van der Waals surface area contributed by atoms with E-state index in [1.807, 2.05) is 0 Å². The number of rotatable bonds is 7. The number of carbonyl (C=O) groups excluding carboxylic acids is 1. The Hall–Kier alpha value is -1.95. The van der Waals surface area contributed by atoms with Gasteiger partial charge in [0.2, 0.25) is 12.7 Å². The summed E-state index contributed by atoms with van der Waals surface area (Å²) >= 11 is 0. The van der Waals surface area contributed by atoms with Gasteiger partial charge in [-0.25, -0.2) is 0 Å². The van der Waals surface area contributed by atoms with Crippen LogP contribution in [0.5, 0.6) is 17.2 Å². The highest BCUT2D eigenvalue weighted by molar-refractivity contribution is 5.76. The lowest BCUT2D eigenvalue weighted by Gasteiger charge is -2.21. The highest BCUT2D eigenvalue weighted by Crippen LogP contribution is 2.49. The molecular formula is C19H25NO5. The number of nitrogens with one attached hydrogen (secondary N) is 1. The first-order valence-corrected chi connectivity index (χ1v) is 9.14. The average molecular weight is 347 g/mol. The van der Waals surface area contributed by atoms with E-state index >= 15 is 0 Å². The summed E-state index contributed by atoms with van der Waals surface area (Å²) in [5.74, 6) is 4.13.